The van der Waals surface area contributed by atoms with Crippen molar-refractivity contribution < 1.29 is 0 Å². The molecular weight excluding hydrogens is 408 g/mol. The smallest absolute Gasteiger partial charge is 0.0358 e. The molecule has 6 aliphatic carbocycles. The van der Waals surface area contributed by atoms with E-state index in [1.165, 1.54) is 12.8 Å². The molecule has 0 unspecified atom stereocenters. The van der Waals surface area contributed by atoms with E-state index < -0.39 is 0 Å². The summed E-state index contributed by atoms with van der Waals surface area (Å²) in [5.74, 6) is 0. The molecule has 0 nitrogen and oxygen atoms in total. The Morgan fingerprint density at radius 3 is 0.882 bits per heavy atom. The molecule has 0 aromatic heterocycles. The summed E-state index contributed by atoms with van der Waals surface area (Å²) in [4.78, 5) is 0. The lowest BCUT2D eigenvalue weighted by Gasteiger charge is -2.73. The van der Waals surface area contributed by atoms with Crippen molar-refractivity contribution in [3.05, 3.63) is 142 Å². The predicted molar refractivity (Wildman–Crippen MR) is 139 cm³/mol. The second kappa shape index (κ2) is 5.92. The molecule has 0 aliphatic heterocycles. The fourth-order valence-corrected chi connectivity index (χ4v) is 9.57. The van der Waals surface area contributed by atoms with Crippen LogP contribution in [0.2, 0.25) is 0 Å². The fourth-order valence-electron chi connectivity index (χ4n) is 9.57. The van der Waals surface area contributed by atoms with Gasteiger partial charge in [0.05, 0.1) is 0 Å². The molecule has 34 heavy (non-hydrogen) atoms. The van der Waals surface area contributed by atoms with Crippen LogP contribution in [0.25, 0.3) is 0 Å². The Labute approximate surface area is 202 Å². The Balaban J connectivity index is 1.66. The summed E-state index contributed by atoms with van der Waals surface area (Å²) in [6, 6.07) is 38.1. The van der Waals surface area contributed by atoms with Crippen molar-refractivity contribution in [3.63, 3.8) is 0 Å². The Morgan fingerprint density at radius 2 is 0.647 bits per heavy atom. The van der Waals surface area contributed by atoms with Crippen LogP contribution in [0.4, 0.5) is 0 Å². The van der Waals surface area contributed by atoms with E-state index in [2.05, 4.69) is 111 Å². The first-order valence-corrected chi connectivity index (χ1v) is 13.1. The summed E-state index contributed by atoms with van der Waals surface area (Å²) in [7, 11) is 0. The largest absolute Gasteiger partial charge is 0.0642 e. The van der Waals surface area contributed by atoms with Gasteiger partial charge in [-0.25, -0.2) is 0 Å². The monoisotopic (exact) mass is 438 g/mol. The zero-order valence-electron chi connectivity index (χ0n) is 20.1. The Morgan fingerprint density at radius 1 is 0.412 bits per heavy atom. The minimum absolute atomic E-state index is 0.0319. The molecule has 0 atom stereocenters. The molecule has 0 heterocycles. The molecular formula is C34H30. The van der Waals surface area contributed by atoms with Gasteiger partial charge in [-0.2, -0.15) is 0 Å². The summed E-state index contributed by atoms with van der Waals surface area (Å²) in [5, 5.41) is 0. The fraction of sp³-hybridized carbons (Fsp3) is 0.294. The highest BCUT2D eigenvalue weighted by Crippen LogP contribution is 2.78. The molecule has 0 heteroatoms. The quantitative estimate of drug-likeness (QED) is 0.300. The maximum absolute atomic E-state index is 2.49. The average Bonchev–Trinajstić information content (AvgIpc) is 2.93. The van der Waals surface area contributed by atoms with Gasteiger partial charge < -0.3 is 0 Å². The van der Waals surface area contributed by atoms with Gasteiger partial charge in [-0.05, 0) is 70.2 Å². The van der Waals surface area contributed by atoms with Crippen LogP contribution < -0.4 is 0 Å². The molecule has 0 radical (unpaired) electrons. The van der Waals surface area contributed by atoms with Gasteiger partial charge in [-0.15, -0.1) is 0 Å². The van der Waals surface area contributed by atoms with Crippen LogP contribution in [0.3, 0.4) is 0 Å². The van der Waals surface area contributed by atoms with Crippen molar-refractivity contribution in [3.8, 4) is 0 Å². The van der Waals surface area contributed by atoms with Crippen molar-refractivity contribution in [1.82, 2.24) is 0 Å². The van der Waals surface area contributed by atoms with Crippen LogP contribution in [-0.2, 0) is 21.7 Å². The van der Waals surface area contributed by atoms with Gasteiger partial charge in [0.2, 0.25) is 0 Å². The van der Waals surface area contributed by atoms with Gasteiger partial charge in [-0.3, -0.25) is 0 Å². The van der Waals surface area contributed by atoms with Crippen molar-refractivity contribution in [2.24, 2.45) is 0 Å². The van der Waals surface area contributed by atoms with Gasteiger partial charge in [-0.1, -0.05) is 111 Å². The second-order valence-electron chi connectivity index (χ2n) is 11.2. The summed E-state index contributed by atoms with van der Waals surface area (Å²) in [5.41, 5.74) is 12.8. The minimum Gasteiger partial charge on any atom is -0.0642 e. The van der Waals surface area contributed by atoms with E-state index in [1.807, 2.05) is 0 Å². The Bertz CT molecular complexity index is 1290. The van der Waals surface area contributed by atoms with Crippen LogP contribution in [0.5, 0.6) is 0 Å². The van der Waals surface area contributed by atoms with Crippen LogP contribution in [0, 0.1) is 0 Å². The van der Waals surface area contributed by atoms with Crippen LogP contribution in [0.1, 0.15) is 84.0 Å². The lowest BCUT2D eigenvalue weighted by atomic mass is 9.28. The van der Waals surface area contributed by atoms with E-state index in [4.69, 9.17) is 0 Å². The first-order valence-electron chi connectivity index (χ1n) is 13.1. The first kappa shape index (κ1) is 19.2. The number of benzene rings is 4. The summed E-state index contributed by atoms with van der Waals surface area (Å²) < 4.78 is 0. The standard InChI is InChI=1S/C34H30/c1-3-31-21-33-29-19-11-7-15-25(29)32(4-2,26-16-8-12-20-30(26)33)22-34(33,27-17-9-5-13-23(27)31)28-18-10-6-14-24(28)31/h5-20H,3-4,21-22H2,1-2H3. The van der Waals surface area contributed by atoms with E-state index in [-0.39, 0.29) is 21.7 Å². The molecule has 4 bridgehead atoms. The lowest BCUT2D eigenvalue weighted by molar-refractivity contribution is 0.100. The van der Waals surface area contributed by atoms with Gasteiger partial charge in [0, 0.05) is 21.7 Å². The van der Waals surface area contributed by atoms with Crippen molar-refractivity contribution in [1.29, 1.82) is 0 Å². The summed E-state index contributed by atoms with van der Waals surface area (Å²) in [6.07, 6.45) is 4.58. The molecule has 0 saturated carbocycles. The van der Waals surface area contributed by atoms with E-state index in [9.17, 15) is 0 Å². The summed E-state index contributed by atoms with van der Waals surface area (Å²) >= 11 is 0. The third-order valence-electron chi connectivity index (χ3n) is 10.7. The van der Waals surface area contributed by atoms with E-state index in [0.29, 0.717) is 0 Å². The van der Waals surface area contributed by atoms with Crippen LogP contribution >= 0.6 is 0 Å². The third kappa shape index (κ3) is 1.67. The molecule has 0 saturated heterocycles. The topological polar surface area (TPSA) is 0 Å². The van der Waals surface area contributed by atoms with Gasteiger partial charge in [0.25, 0.3) is 0 Å². The molecule has 10 rings (SSSR count). The van der Waals surface area contributed by atoms with Gasteiger partial charge in [0.15, 0.2) is 0 Å². The van der Waals surface area contributed by atoms with Gasteiger partial charge >= 0.3 is 0 Å². The second-order valence-corrected chi connectivity index (χ2v) is 11.2. The zero-order chi connectivity index (χ0) is 22.8. The number of rotatable bonds is 2. The molecule has 4 aromatic rings. The van der Waals surface area contributed by atoms with E-state index >= 15 is 0 Å². The van der Waals surface area contributed by atoms with E-state index in [1.54, 1.807) is 44.5 Å². The highest BCUT2D eigenvalue weighted by molar-refractivity contribution is 5.77. The predicted octanol–water partition coefficient (Wildman–Crippen LogP) is 7.79. The number of hydrogen-bond acceptors (Lipinski definition) is 0. The molecule has 0 amide bonds. The highest BCUT2D eigenvalue weighted by Gasteiger charge is 2.74. The van der Waals surface area contributed by atoms with Crippen molar-refractivity contribution >= 4 is 0 Å². The lowest BCUT2D eigenvalue weighted by Crippen LogP contribution is -2.70. The molecule has 166 valence electrons. The van der Waals surface area contributed by atoms with E-state index in [0.717, 1.165) is 12.8 Å². The SMILES string of the molecule is CCC12CC34c5ccccc5C(CC)(CC3(c3ccccc31)c1ccccc12)c1ccccc14. The minimum atomic E-state index is -0.0319. The average molecular weight is 439 g/mol. The number of hydrogen-bond donors (Lipinski definition) is 0. The molecule has 0 fully saturated rings. The Hall–Kier alpha value is -3.12. The maximum atomic E-state index is 2.49. The maximum Gasteiger partial charge on any atom is 0.0358 e. The molecule has 0 N–H and O–H groups in total. The third-order valence-corrected chi connectivity index (χ3v) is 10.7. The first-order chi connectivity index (χ1) is 16.7. The van der Waals surface area contributed by atoms with Crippen molar-refractivity contribution in [2.75, 3.05) is 0 Å². The van der Waals surface area contributed by atoms with Crippen LogP contribution in [0.15, 0.2) is 97.1 Å². The summed E-state index contributed by atoms with van der Waals surface area (Å²) in [6.45, 7) is 4.84. The Kier molecular flexibility index (Phi) is 3.35. The molecule has 2 spiro atoms. The normalized spacial score (nSPS) is 32.9. The molecule has 6 aliphatic rings. The van der Waals surface area contributed by atoms with Gasteiger partial charge in [0.1, 0.15) is 0 Å². The zero-order valence-corrected chi connectivity index (χ0v) is 20.1. The van der Waals surface area contributed by atoms with Crippen LogP contribution in [-0.4, -0.2) is 0 Å². The van der Waals surface area contributed by atoms with Crippen molar-refractivity contribution in [2.45, 2.75) is 61.2 Å². The molecule has 4 aromatic carbocycles. The highest BCUT2D eigenvalue weighted by atomic mass is 14.8.